The fourth-order valence-corrected chi connectivity index (χ4v) is 3.20. The molecule has 1 saturated heterocycles. The van der Waals surface area contributed by atoms with Crippen LogP contribution in [0.15, 0.2) is 30.5 Å². The van der Waals surface area contributed by atoms with E-state index in [0.717, 1.165) is 44.5 Å². The van der Waals surface area contributed by atoms with Crippen molar-refractivity contribution in [1.82, 2.24) is 10.3 Å². The van der Waals surface area contributed by atoms with E-state index in [2.05, 4.69) is 46.4 Å². The molecule has 1 aliphatic heterocycles. The van der Waals surface area contributed by atoms with Gasteiger partial charge in [-0.1, -0.05) is 18.2 Å². The third kappa shape index (κ3) is 4.31. The SMILES string of the molecule is C[C@@H]1CN(c2ccc(CNC[C@H]3CC=CCC3)cn2)CCO1. The van der Waals surface area contributed by atoms with E-state index in [1.807, 2.05) is 6.20 Å². The molecule has 0 aromatic carbocycles. The summed E-state index contributed by atoms with van der Waals surface area (Å²) in [6, 6.07) is 4.33. The summed E-state index contributed by atoms with van der Waals surface area (Å²) in [5, 5.41) is 3.57. The highest BCUT2D eigenvalue weighted by molar-refractivity contribution is 5.39. The molecule has 4 heteroatoms. The molecule has 0 amide bonds. The maximum Gasteiger partial charge on any atom is 0.128 e. The average Bonchev–Trinajstić information content (AvgIpc) is 2.56. The zero-order valence-electron chi connectivity index (χ0n) is 13.5. The number of rotatable bonds is 5. The van der Waals surface area contributed by atoms with Crippen molar-refractivity contribution < 1.29 is 4.74 Å². The molecule has 1 aliphatic carbocycles. The Morgan fingerprint density at radius 3 is 3.05 bits per heavy atom. The summed E-state index contributed by atoms with van der Waals surface area (Å²) in [6.07, 6.45) is 10.7. The molecular weight excluding hydrogens is 274 g/mol. The fraction of sp³-hybridized carbons (Fsp3) is 0.611. The van der Waals surface area contributed by atoms with Gasteiger partial charge in [-0.05, 0) is 50.3 Å². The Morgan fingerprint density at radius 2 is 2.32 bits per heavy atom. The van der Waals surface area contributed by atoms with Crippen LogP contribution >= 0.6 is 0 Å². The fourth-order valence-electron chi connectivity index (χ4n) is 3.20. The van der Waals surface area contributed by atoms with E-state index in [0.29, 0.717) is 6.10 Å². The Labute approximate surface area is 133 Å². The molecule has 1 aromatic heterocycles. The zero-order valence-corrected chi connectivity index (χ0v) is 13.5. The lowest BCUT2D eigenvalue weighted by molar-refractivity contribution is 0.0529. The Hall–Kier alpha value is -1.39. The molecule has 1 N–H and O–H groups in total. The Morgan fingerprint density at radius 1 is 1.36 bits per heavy atom. The van der Waals surface area contributed by atoms with Gasteiger partial charge in [-0.15, -0.1) is 0 Å². The minimum absolute atomic E-state index is 0.293. The van der Waals surface area contributed by atoms with Gasteiger partial charge in [0.1, 0.15) is 5.82 Å². The maximum atomic E-state index is 5.58. The first kappa shape index (κ1) is 15.5. The number of allylic oxidation sites excluding steroid dienone is 2. The number of anilines is 1. The normalized spacial score (nSPS) is 25.4. The van der Waals surface area contributed by atoms with E-state index >= 15 is 0 Å². The van der Waals surface area contributed by atoms with Crippen LogP contribution in [0.2, 0.25) is 0 Å². The maximum absolute atomic E-state index is 5.58. The first-order chi connectivity index (χ1) is 10.8. The lowest BCUT2D eigenvalue weighted by Gasteiger charge is -2.32. The van der Waals surface area contributed by atoms with Crippen molar-refractivity contribution in [1.29, 1.82) is 0 Å². The molecule has 1 aromatic rings. The highest BCUT2D eigenvalue weighted by atomic mass is 16.5. The van der Waals surface area contributed by atoms with Crippen LogP contribution in [0.5, 0.6) is 0 Å². The molecule has 0 spiro atoms. The lowest BCUT2D eigenvalue weighted by atomic mass is 9.94. The number of hydrogen-bond donors (Lipinski definition) is 1. The number of pyridine rings is 1. The zero-order chi connectivity index (χ0) is 15.2. The number of nitrogens with zero attached hydrogens (tertiary/aromatic N) is 2. The van der Waals surface area contributed by atoms with Crippen LogP contribution in [0.25, 0.3) is 0 Å². The standard InChI is InChI=1S/C18H27N3O/c1-15-14-21(9-10-22-15)18-8-7-17(13-20-18)12-19-11-16-5-3-2-4-6-16/h2-3,7-8,13,15-16,19H,4-6,9-12,14H2,1H3/t15-,16+/m1/s1. The van der Waals surface area contributed by atoms with Gasteiger partial charge in [-0.2, -0.15) is 0 Å². The highest BCUT2D eigenvalue weighted by Gasteiger charge is 2.17. The molecular formula is C18H27N3O. The minimum atomic E-state index is 0.293. The van der Waals surface area contributed by atoms with Crippen LogP contribution in [-0.4, -0.2) is 37.3 Å². The topological polar surface area (TPSA) is 37.4 Å². The van der Waals surface area contributed by atoms with Gasteiger partial charge in [0.05, 0.1) is 12.7 Å². The first-order valence-electron chi connectivity index (χ1n) is 8.48. The van der Waals surface area contributed by atoms with Crippen molar-refractivity contribution in [2.75, 3.05) is 31.1 Å². The summed E-state index contributed by atoms with van der Waals surface area (Å²) >= 11 is 0. The van der Waals surface area contributed by atoms with Crippen molar-refractivity contribution in [2.45, 2.75) is 38.8 Å². The quantitative estimate of drug-likeness (QED) is 0.849. The number of aromatic nitrogens is 1. The number of hydrogen-bond acceptors (Lipinski definition) is 4. The van der Waals surface area contributed by atoms with Crippen LogP contribution in [-0.2, 0) is 11.3 Å². The van der Waals surface area contributed by atoms with E-state index in [1.165, 1.54) is 24.8 Å². The van der Waals surface area contributed by atoms with E-state index in [4.69, 9.17) is 4.74 Å². The Bertz CT molecular complexity index is 486. The molecule has 0 saturated carbocycles. The van der Waals surface area contributed by atoms with Gasteiger partial charge in [-0.25, -0.2) is 4.98 Å². The molecule has 2 atom stereocenters. The number of ether oxygens (including phenoxy) is 1. The predicted molar refractivity (Wildman–Crippen MR) is 90.1 cm³/mol. The highest BCUT2D eigenvalue weighted by Crippen LogP contribution is 2.18. The molecule has 0 radical (unpaired) electrons. The average molecular weight is 301 g/mol. The van der Waals surface area contributed by atoms with Crippen LogP contribution < -0.4 is 10.2 Å². The molecule has 2 heterocycles. The van der Waals surface area contributed by atoms with Crippen LogP contribution in [0.4, 0.5) is 5.82 Å². The van der Waals surface area contributed by atoms with Crippen molar-refractivity contribution >= 4 is 5.82 Å². The number of morpholine rings is 1. The van der Waals surface area contributed by atoms with Gasteiger partial charge >= 0.3 is 0 Å². The van der Waals surface area contributed by atoms with Crippen molar-refractivity contribution in [3.63, 3.8) is 0 Å². The molecule has 120 valence electrons. The van der Waals surface area contributed by atoms with Gasteiger partial charge in [0.2, 0.25) is 0 Å². The Kier molecular flexibility index (Phi) is 5.46. The van der Waals surface area contributed by atoms with Gasteiger partial charge in [-0.3, -0.25) is 0 Å². The van der Waals surface area contributed by atoms with E-state index in [1.54, 1.807) is 0 Å². The number of nitrogens with one attached hydrogen (secondary N) is 1. The van der Waals surface area contributed by atoms with E-state index < -0.39 is 0 Å². The summed E-state index contributed by atoms with van der Waals surface area (Å²) in [7, 11) is 0. The van der Waals surface area contributed by atoms with Crippen molar-refractivity contribution in [2.24, 2.45) is 5.92 Å². The monoisotopic (exact) mass is 301 g/mol. The van der Waals surface area contributed by atoms with Crippen molar-refractivity contribution in [3.8, 4) is 0 Å². The van der Waals surface area contributed by atoms with Crippen molar-refractivity contribution in [3.05, 3.63) is 36.0 Å². The molecule has 3 rings (SSSR count). The van der Waals surface area contributed by atoms with E-state index in [9.17, 15) is 0 Å². The second kappa shape index (κ2) is 7.75. The summed E-state index contributed by atoms with van der Waals surface area (Å²) in [6.45, 7) is 6.79. The van der Waals surface area contributed by atoms with Crippen LogP contribution in [0.3, 0.4) is 0 Å². The summed E-state index contributed by atoms with van der Waals surface area (Å²) < 4.78 is 5.58. The molecule has 2 aliphatic rings. The summed E-state index contributed by atoms with van der Waals surface area (Å²) in [5.74, 6) is 1.86. The van der Waals surface area contributed by atoms with E-state index in [-0.39, 0.29) is 0 Å². The Balaban J connectivity index is 1.45. The minimum Gasteiger partial charge on any atom is -0.375 e. The predicted octanol–water partition coefficient (Wildman–Crippen LogP) is 2.75. The molecule has 1 fully saturated rings. The molecule has 0 unspecified atom stereocenters. The second-order valence-corrected chi connectivity index (χ2v) is 6.43. The first-order valence-corrected chi connectivity index (χ1v) is 8.48. The molecule has 0 bridgehead atoms. The molecule has 4 nitrogen and oxygen atoms in total. The third-order valence-electron chi connectivity index (χ3n) is 4.51. The smallest absolute Gasteiger partial charge is 0.128 e. The molecule has 22 heavy (non-hydrogen) atoms. The van der Waals surface area contributed by atoms with Gasteiger partial charge < -0.3 is 15.0 Å². The van der Waals surface area contributed by atoms with Crippen LogP contribution in [0, 0.1) is 5.92 Å². The van der Waals surface area contributed by atoms with Gasteiger partial charge in [0.15, 0.2) is 0 Å². The second-order valence-electron chi connectivity index (χ2n) is 6.43. The van der Waals surface area contributed by atoms with Gasteiger partial charge in [0.25, 0.3) is 0 Å². The third-order valence-corrected chi connectivity index (χ3v) is 4.51. The van der Waals surface area contributed by atoms with Crippen LogP contribution in [0.1, 0.15) is 31.7 Å². The lowest BCUT2D eigenvalue weighted by Crippen LogP contribution is -2.41. The summed E-state index contributed by atoms with van der Waals surface area (Å²) in [5.41, 5.74) is 1.26. The largest absolute Gasteiger partial charge is 0.375 e. The summed E-state index contributed by atoms with van der Waals surface area (Å²) in [4.78, 5) is 6.93. The van der Waals surface area contributed by atoms with Gasteiger partial charge in [0, 0.05) is 25.8 Å².